The summed E-state index contributed by atoms with van der Waals surface area (Å²) in [6.07, 6.45) is 1.20. The Labute approximate surface area is 328 Å². The molecule has 8 nitrogen and oxygen atoms in total. The summed E-state index contributed by atoms with van der Waals surface area (Å²) < 4.78 is 37.3. The molecular formula is C40H46Br2O8S2. The van der Waals surface area contributed by atoms with E-state index in [1.807, 2.05) is 107 Å². The number of thioether (sulfide) groups is 1. The molecule has 4 rings (SSSR count). The van der Waals surface area contributed by atoms with Crippen molar-refractivity contribution in [3.63, 3.8) is 0 Å². The lowest BCUT2D eigenvalue weighted by atomic mass is 10.00. The van der Waals surface area contributed by atoms with Gasteiger partial charge in [0.25, 0.3) is 0 Å². The summed E-state index contributed by atoms with van der Waals surface area (Å²) in [7, 11) is -3.31. The second-order valence-electron chi connectivity index (χ2n) is 13.2. The molecule has 0 spiro atoms. The molecule has 4 aromatic rings. The second kappa shape index (κ2) is 20.5. The summed E-state index contributed by atoms with van der Waals surface area (Å²) in [6.45, 7) is 7.88. The first kappa shape index (κ1) is 43.4. The maximum atomic E-state index is 11.7. The standard InChI is InChI=1S/C20H23BrO5S.C20H23BrO3S/c1-13(2)12-18(20(22)23)26-19(14-4-8-16(21)9-5-14)15-6-10-17(11-7-15)27(3,24)25;1-13(2)12-18(20(22)23)24-19(14-4-8-16(21)9-5-14)15-6-10-17(25-3)11-7-15/h4-11,13,18-19H,12H2,1-3H3,(H,22,23);4-11,13,18-19H,12H2,1-3H3,(H,22,23)/t2*18-,19-/m00/s1. The molecule has 0 radical (unpaired) electrons. The number of ether oxygens (including phenoxy) is 2. The van der Waals surface area contributed by atoms with Crippen molar-refractivity contribution < 1.29 is 37.7 Å². The Bertz CT molecular complexity index is 1830. The lowest BCUT2D eigenvalue weighted by Gasteiger charge is -2.24. The number of aliphatic carboxylic acids is 2. The third kappa shape index (κ3) is 13.8. The molecule has 4 aromatic carbocycles. The lowest BCUT2D eigenvalue weighted by Crippen LogP contribution is -2.28. The maximum Gasteiger partial charge on any atom is 0.332 e. The van der Waals surface area contributed by atoms with Crippen molar-refractivity contribution in [2.24, 2.45) is 11.8 Å². The van der Waals surface area contributed by atoms with E-state index in [0.717, 1.165) is 36.8 Å². The first-order chi connectivity index (χ1) is 24.5. The average Bonchev–Trinajstić information content (AvgIpc) is 3.09. The summed E-state index contributed by atoms with van der Waals surface area (Å²) in [4.78, 5) is 24.7. The molecule has 52 heavy (non-hydrogen) atoms. The van der Waals surface area contributed by atoms with Crippen LogP contribution in [0.15, 0.2) is 116 Å². The average molecular weight is 879 g/mol. The van der Waals surface area contributed by atoms with Gasteiger partial charge in [0.15, 0.2) is 22.0 Å². The van der Waals surface area contributed by atoms with Gasteiger partial charge in [0, 0.05) is 20.1 Å². The van der Waals surface area contributed by atoms with Crippen molar-refractivity contribution in [3.05, 3.63) is 128 Å². The molecule has 0 saturated carbocycles. The van der Waals surface area contributed by atoms with Crippen LogP contribution in [0.4, 0.5) is 0 Å². The Hall–Kier alpha value is -3.00. The fourth-order valence-electron chi connectivity index (χ4n) is 5.26. The molecule has 0 amide bonds. The molecular weight excluding hydrogens is 832 g/mol. The van der Waals surface area contributed by atoms with Crippen LogP contribution in [0.1, 0.15) is 75.0 Å². The maximum absolute atomic E-state index is 11.7. The van der Waals surface area contributed by atoms with Gasteiger partial charge in [-0.05, 0) is 102 Å². The van der Waals surface area contributed by atoms with Gasteiger partial charge in [0.2, 0.25) is 0 Å². The fourth-order valence-corrected chi connectivity index (χ4v) is 6.82. The number of rotatable bonds is 16. The predicted octanol–water partition coefficient (Wildman–Crippen LogP) is 10.2. The van der Waals surface area contributed by atoms with E-state index in [2.05, 4.69) is 31.9 Å². The van der Waals surface area contributed by atoms with Crippen LogP contribution in [0, 0.1) is 11.8 Å². The van der Waals surface area contributed by atoms with E-state index in [-0.39, 0.29) is 16.7 Å². The third-order valence-corrected chi connectivity index (χ3v) is 10.8. The van der Waals surface area contributed by atoms with Crippen LogP contribution in [0.5, 0.6) is 0 Å². The highest BCUT2D eigenvalue weighted by molar-refractivity contribution is 9.10. The molecule has 12 heteroatoms. The van der Waals surface area contributed by atoms with Gasteiger partial charge in [0.05, 0.1) is 4.90 Å². The molecule has 0 aromatic heterocycles. The van der Waals surface area contributed by atoms with E-state index in [0.29, 0.717) is 18.4 Å². The van der Waals surface area contributed by atoms with Crippen LogP contribution in [-0.4, -0.2) is 55.3 Å². The quantitative estimate of drug-likeness (QED) is 0.106. The third-order valence-electron chi connectivity index (χ3n) is 7.90. The van der Waals surface area contributed by atoms with Gasteiger partial charge >= 0.3 is 11.9 Å². The highest BCUT2D eigenvalue weighted by atomic mass is 79.9. The number of hydrogen-bond acceptors (Lipinski definition) is 7. The van der Waals surface area contributed by atoms with E-state index in [4.69, 9.17) is 9.47 Å². The first-order valence-corrected chi connectivity index (χ1v) is 21.4. The molecule has 0 saturated heterocycles. The number of halogens is 2. The Morgan fingerprint density at radius 1 is 0.615 bits per heavy atom. The first-order valence-electron chi connectivity index (χ1n) is 16.7. The second-order valence-corrected chi connectivity index (χ2v) is 17.9. The van der Waals surface area contributed by atoms with Crippen molar-refractivity contribution in [2.75, 3.05) is 12.5 Å². The zero-order valence-electron chi connectivity index (χ0n) is 30.0. The van der Waals surface area contributed by atoms with Crippen molar-refractivity contribution in [3.8, 4) is 0 Å². The number of sulfone groups is 1. The minimum atomic E-state index is -3.31. The monoisotopic (exact) mass is 876 g/mol. The van der Waals surface area contributed by atoms with Crippen molar-refractivity contribution in [2.45, 2.75) is 74.7 Å². The van der Waals surface area contributed by atoms with E-state index in [9.17, 15) is 28.2 Å². The molecule has 0 aliphatic rings. The van der Waals surface area contributed by atoms with E-state index in [1.165, 1.54) is 12.1 Å². The van der Waals surface area contributed by atoms with E-state index < -0.39 is 46.2 Å². The highest BCUT2D eigenvalue weighted by Gasteiger charge is 2.28. The summed E-state index contributed by atoms with van der Waals surface area (Å²) in [5.74, 6) is -1.54. The van der Waals surface area contributed by atoms with Crippen LogP contribution in [0.25, 0.3) is 0 Å². The minimum Gasteiger partial charge on any atom is -0.479 e. The van der Waals surface area contributed by atoms with Gasteiger partial charge < -0.3 is 19.7 Å². The number of hydrogen-bond donors (Lipinski definition) is 2. The number of benzene rings is 4. The lowest BCUT2D eigenvalue weighted by molar-refractivity contribution is -0.155. The molecule has 0 bridgehead atoms. The topological polar surface area (TPSA) is 127 Å². The van der Waals surface area contributed by atoms with E-state index in [1.54, 1.807) is 23.9 Å². The summed E-state index contributed by atoms with van der Waals surface area (Å²) in [6, 6.07) is 29.7. The SMILES string of the molecule is CC(C)C[C@H](O[C@@H](c1ccc(Br)cc1)c1ccc(S(C)(=O)=O)cc1)C(=O)O.CSc1ccc([C@@H](O[C@@H](CC(C)C)C(=O)O)c2ccc(Br)cc2)cc1. The van der Waals surface area contributed by atoms with Crippen molar-refractivity contribution in [1.29, 1.82) is 0 Å². The largest absolute Gasteiger partial charge is 0.479 e. The van der Waals surface area contributed by atoms with Gasteiger partial charge in [-0.15, -0.1) is 11.8 Å². The Morgan fingerprint density at radius 2 is 0.923 bits per heavy atom. The van der Waals surface area contributed by atoms with Crippen LogP contribution in [-0.2, 0) is 28.9 Å². The molecule has 0 unspecified atom stereocenters. The summed E-state index contributed by atoms with van der Waals surface area (Å²) >= 11 is 8.50. The normalized spacial score (nSPS) is 13.9. The van der Waals surface area contributed by atoms with Gasteiger partial charge in [0.1, 0.15) is 12.2 Å². The molecule has 0 aliphatic carbocycles. The summed E-state index contributed by atoms with van der Waals surface area (Å²) in [5.41, 5.74) is 3.38. The van der Waals surface area contributed by atoms with E-state index >= 15 is 0 Å². The van der Waals surface area contributed by atoms with Crippen LogP contribution in [0.3, 0.4) is 0 Å². The molecule has 4 atom stereocenters. The fraction of sp³-hybridized carbons (Fsp3) is 0.350. The number of carboxylic acid groups (broad SMARTS) is 2. The van der Waals surface area contributed by atoms with Crippen molar-refractivity contribution >= 4 is 65.4 Å². The van der Waals surface area contributed by atoms with Gasteiger partial charge in [-0.2, -0.15) is 0 Å². The van der Waals surface area contributed by atoms with Gasteiger partial charge in [-0.25, -0.2) is 18.0 Å². The zero-order valence-corrected chi connectivity index (χ0v) is 34.8. The predicted molar refractivity (Wildman–Crippen MR) is 214 cm³/mol. The van der Waals surface area contributed by atoms with Crippen LogP contribution < -0.4 is 0 Å². The highest BCUT2D eigenvalue weighted by Crippen LogP contribution is 2.32. The smallest absolute Gasteiger partial charge is 0.332 e. The van der Waals surface area contributed by atoms with Gasteiger partial charge in [-0.3, -0.25) is 0 Å². The number of carboxylic acids is 2. The zero-order chi connectivity index (χ0) is 38.6. The van der Waals surface area contributed by atoms with Crippen molar-refractivity contribution in [1.82, 2.24) is 0 Å². The van der Waals surface area contributed by atoms with Crippen LogP contribution in [0.2, 0.25) is 0 Å². The van der Waals surface area contributed by atoms with Crippen LogP contribution >= 0.6 is 43.6 Å². The molecule has 0 fully saturated rings. The minimum absolute atomic E-state index is 0.157. The molecule has 0 heterocycles. The Kier molecular flexibility index (Phi) is 17.1. The van der Waals surface area contributed by atoms with Gasteiger partial charge in [-0.1, -0.05) is 108 Å². The molecule has 2 N–H and O–H groups in total. The number of carbonyl (C=O) groups is 2. The molecule has 0 aliphatic heterocycles. The Balaban J connectivity index is 0.000000281. The molecule has 280 valence electrons. The Morgan fingerprint density at radius 3 is 1.19 bits per heavy atom. The summed E-state index contributed by atoms with van der Waals surface area (Å²) in [5, 5.41) is 19.1.